The molecule has 0 aliphatic heterocycles. The molecule has 0 spiro atoms. The number of imidazole rings is 1. The minimum atomic E-state index is 0.633. The highest BCUT2D eigenvalue weighted by Gasteiger charge is 1.98. The Hall–Kier alpha value is -0.640. The maximum Gasteiger partial charge on any atom is 0.123 e. The topological polar surface area (TPSA) is 43.8 Å². The molecule has 9 heavy (non-hydrogen) atoms. The summed E-state index contributed by atoms with van der Waals surface area (Å²) in [7, 11) is 1.87. The van der Waals surface area contributed by atoms with Crippen LogP contribution in [0.1, 0.15) is 5.82 Å². The molecule has 1 rings (SSSR count). The van der Waals surface area contributed by atoms with Gasteiger partial charge in [0.05, 0.1) is 6.20 Å². The van der Waals surface area contributed by atoms with Crippen molar-refractivity contribution in [2.24, 2.45) is 7.05 Å². The second-order valence-electron chi connectivity index (χ2n) is 1.82. The Labute approximate surface area is 59.3 Å². The third-order valence-electron chi connectivity index (χ3n) is 1.26. The van der Waals surface area contributed by atoms with Gasteiger partial charge in [0, 0.05) is 12.8 Å². The highest BCUT2D eigenvalue weighted by atomic mass is 32.1. The molecule has 4 heteroatoms. The van der Waals surface area contributed by atoms with Crippen LogP contribution in [0, 0.1) is 0 Å². The summed E-state index contributed by atoms with van der Waals surface area (Å²) in [4.78, 5) is 4.00. The van der Waals surface area contributed by atoms with Gasteiger partial charge in [-0.25, -0.2) is 4.98 Å². The van der Waals surface area contributed by atoms with Crippen LogP contribution >= 0.6 is 12.6 Å². The van der Waals surface area contributed by atoms with Crippen LogP contribution in [0.4, 0.5) is 5.82 Å². The number of anilines is 1. The zero-order valence-electron chi connectivity index (χ0n) is 5.20. The molecule has 0 aliphatic carbocycles. The van der Waals surface area contributed by atoms with E-state index < -0.39 is 0 Å². The molecule has 1 aromatic rings. The quantitative estimate of drug-likeness (QED) is 0.560. The molecule has 2 N–H and O–H groups in total. The number of thiol groups is 1. The molecule has 0 saturated heterocycles. The zero-order valence-corrected chi connectivity index (χ0v) is 6.10. The third kappa shape index (κ3) is 1.03. The molecule has 0 unspecified atom stereocenters. The van der Waals surface area contributed by atoms with Gasteiger partial charge >= 0.3 is 0 Å². The van der Waals surface area contributed by atoms with Gasteiger partial charge < -0.3 is 10.3 Å². The van der Waals surface area contributed by atoms with Crippen LogP contribution in [0.3, 0.4) is 0 Å². The zero-order chi connectivity index (χ0) is 6.85. The minimum absolute atomic E-state index is 0.633. The smallest absolute Gasteiger partial charge is 0.123 e. The van der Waals surface area contributed by atoms with Gasteiger partial charge in [0.1, 0.15) is 11.6 Å². The Bertz CT molecular complexity index is 206. The summed E-state index contributed by atoms with van der Waals surface area (Å²) in [6, 6.07) is 0. The molecule has 1 aromatic heterocycles. The van der Waals surface area contributed by atoms with Crippen molar-refractivity contribution < 1.29 is 0 Å². The summed E-state index contributed by atoms with van der Waals surface area (Å²) in [6.45, 7) is 0. The standard InChI is InChI=1S/C5H9N3S/c1-8-4(6)2-7-5(8)3-9/h2,9H,3,6H2,1H3. The summed E-state index contributed by atoms with van der Waals surface area (Å²) in [6.07, 6.45) is 1.63. The normalized spacial score (nSPS) is 10.0. The van der Waals surface area contributed by atoms with Crippen molar-refractivity contribution >= 4 is 18.4 Å². The van der Waals surface area contributed by atoms with Gasteiger partial charge in [-0.15, -0.1) is 0 Å². The lowest BCUT2D eigenvalue weighted by Gasteiger charge is -1.96. The number of nitrogen functional groups attached to an aromatic ring is 1. The van der Waals surface area contributed by atoms with Gasteiger partial charge in [-0.05, 0) is 0 Å². The number of hydrogen-bond donors (Lipinski definition) is 2. The van der Waals surface area contributed by atoms with Crippen molar-refractivity contribution in [1.82, 2.24) is 9.55 Å². The van der Waals surface area contributed by atoms with Crippen LogP contribution in [0.2, 0.25) is 0 Å². The van der Waals surface area contributed by atoms with Gasteiger partial charge in [0.25, 0.3) is 0 Å². The van der Waals surface area contributed by atoms with Gasteiger partial charge in [0.15, 0.2) is 0 Å². The highest BCUT2D eigenvalue weighted by molar-refractivity contribution is 7.79. The summed E-state index contributed by atoms with van der Waals surface area (Å²) < 4.78 is 1.81. The third-order valence-corrected chi connectivity index (χ3v) is 1.54. The number of rotatable bonds is 1. The average Bonchev–Trinajstić information content (AvgIpc) is 2.15. The van der Waals surface area contributed by atoms with Crippen LogP contribution in [-0.2, 0) is 12.8 Å². The molecule has 0 aromatic carbocycles. The fourth-order valence-corrected chi connectivity index (χ4v) is 0.904. The lowest BCUT2D eigenvalue weighted by Crippen LogP contribution is -1.98. The van der Waals surface area contributed by atoms with Crippen LogP contribution < -0.4 is 5.73 Å². The van der Waals surface area contributed by atoms with Crippen molar-refractivity contribution in [2.75, 3.05) is 5.73 Å². The fraction of sp³-hybridized carbons (Fsp3) is 0.400. The van der Waals surface area contributed by atoms with Crippen molar-refractivity contribution in [3.8, 4) is 0 Å². The SMILES string of the molecule is Cn1c(N)cnc1CS. The lowest BCUT2D eigenvalue weighted by atomic mass is 10.7. The molecule has 0 aliphatic rings. The van der Waals surface area contributed by atoms with Crippen molar-refractivity contribution in [2.45, 2.75) is 5.75 Å². The first kappa shape index (κ1) is 6.48. The maximum absolute atomic E-state index is 5.48. The predicted molar refractivity (Wildman–Crippen MR) is 40.3 cm³/mol. The Kier molecular flexibility index (Phi) is 1.66. The molecule has 0 radical (unpaired) electrons. The van der Waals surface area contributed by atoms with Crippen LogP contribution in [0.15, 0.2) is 6.20 Å². The van der Waals surface area contributed by atoms with Crippen LogP contribution in [-0.4, -0.2) is 9.55 Å². The lowest BCUT2D eigenvalue weighted by molar-refractivity contribution is 0.860. The van der Waals surface area contributed by atoms with E-state index in [2.05, 4.69) is 17.6 Å². The van der Waals surface area contributed by atoms with E-state index in [-0.39, 0.29) is 0 Å². The predicted octanol–water partition coefficient (Wildman–Crippen LogP) is 0.432. The Morgan fingerprint density at radius 1 is 1.89 bits per heavy atom. The molecule has 0 fully saturated rings. The van der Waals surface area contributed by atoms with Crippen LogP contribution in [0.25, 0.3) is 0 Å². The first-order valence-electron chi connectivity index (χ1n) is 2.62. The van der Waals surface area contributed by atoms with Gasteiger partial charge in [-0.2, -0.15) is 12.6 Å². The summed E-state index contributed by atoms with van der Waals surface area (Å²) in [5.41, 5.74) is 5.48. The molecule has 50 valence electrons. The monoisotopic (exact) mass is 143 g/mol. The van der Waals surface area contributed by atoms with E-state index in [0.717, 1.165) is 5.82 Å². The molecule has 0 bridgehead atoms. The molecule has 0 atom stereocenters. The second-order valence-corrected chi connectivity index (χ2v) is 2.13. The van der Waals surface area contributed by atoms with E-state index in [0.29, 0.717) is 11.6 Å². The Morgan fingerprint density at radius 3 is 2.78 bits per heavy atom. The van der Waals surface area contributed by atoms with E-state index in [4.69, 9.17) is 5.73 Å². The molecular weight excluding hydrogens is 134 g/mol. The first-order chi connectivity index (χ1) is 4.25. The Balaban J connectivity index is 3.04. The van der Waals surface area contributed by atoms with Gasteiger partial charge in [-0.3, -0.25) is 0 Å². The molecule has 0 amide bonds. The van der Waals surface area contributed by atoms with E-state index in [1.165, 1.54) is 0 Å². The summed E-state index contributed by atoms with van der Waals surface area (Å²) in [5.74, 6) is 2.21. The maximum atomic E-state index is 5.48. The van der Waals surface area contributed by atoms with E-state index in [9.17, 15) is 0 Å². The van der Waals surface area contributed by atoms with E-state index in [1.54, 1.807) is 6.20 Å². The first-order valence-corrected chi connectivity index (χ1v) is 3.26. The molecular formula is C5H9N3S. The number of nitrogens with zero attached hydrogens (tertiary/aromatic N) is 2. The van der Waals surface area contributed by atoms with E-state index in [1.807, 2.05) is 11.6 Å². The van der Waals surface area contributed by atoms with Gasteiger partial charge in [-0.1, -0.05) is 0 Å². The summed E-state index contributed by atoms with van der Waals surface area (Å²) in [5, 5.41) is 0. The van der Waals surface area contributed by atoms with Crippen molar-refractivity contribution in [3.05, 3.63) is 12.0 Å². The number of hydrogen-bond acceptors (Lipinski definition) is 3. The van der Waals surface area contributed by atoms with Gasteiger partial charge in [0.2, 0.25) is 0 Å². The summed E-state index contributed by atoms with van der Waals surface area (Å²) >= 11 is 4.05. The largest absolute Gasteiger partial charge is 0.384 e. The molecule has 1 heterocycles. The van der Waals surface area contributed by atoms with E-state index >= 15 is 0 Å². The average molecular weight is 143 g/mol. The van der Waals surface area contributed by atoms with Crippen molar-refractivity contribution in [1.29, 1.82) is 0 Å². The highest BCUT2D eigenvalue weighted by Crippen LogP contribution is 2.05. The number of aromatic nitrogens is 2. The Morgan fingerprint density at radius 2 is 2.56 bits per heavy atom. The fourth-order valence-electron chi connectivity index (χ4n) is 0.610. The molecule has 0 saturated carbocycles. The second kappa shape index (κ2) is 2.31. The molecule has 3 nitrogen and oxygen atoms in total. The van der Waals surface area contributed by atoms with Crippen molar-refractivity contribution in [3.63, 3.8) is 0 Å². The van der Waals surface area contributed by atoms with Crippen LogP contribution in [0.5, 0.6) is 0 Å². The minimum Gasteiger partial charge on any atom is -0.384 e. The number of nitrogens with two attached hydrogens (primary N) is 1.